The minimum absolute atomic E-state index is 0.697. The normalized spacial score (nSPS) is 9.56. The molecule has 9 heavy (non-hydrogen) atoms. The third-order valence-corrected chi connectivity index (χ3v) is 1.13. The van der Waals surface area contributed by atoms with Crippen LogP contribution in [0.5, 0.6) is 0 Å². The van der Waals surface area contributed by atoms with Crippen LogP contribution in [0.4, 0.5) is 0 Å². The van der Waals surface area contributed by atoms with Gasteiger partial charge in [-0.2, -0.15) is 0 Å². The zero-order valence-corrected chi connectivity index (χ0v) is 5.64. The van der Waals surface area contributed by atoms with Crippen LogP contribution in [0.25, 0.3) is 6.08 Å². The van der Waals surface area contributed by atoms with Gasteiger partial charge >= 0.3 is 0 Å². The number of oxazole rings is 1. The lowest BCUT2D eigenvalue weighted by Crippen LogP contribution is -1.72. The van der Waals surface area contributed by atoms with E-state index in [0.717, 1.165) is 11.5 Å². The van der Waals surface area contributed by atoms with Crippen molar-refractivity contribution in [3.63, 3.8) is 0 Å². The Morgan fingerprint density at radius 3 is 2.44 bits per heavy atom. The summed E-state index contributed by atoms with van der Waals surface area (Å²) in [4.78, 5) is 4.04. The molecule has 48 valence electrons. The first-order valence-corrected chi connectivity index (χ1v) is 2.80. The molecular formula is C7H9NO. The highest BCUT2D eigenvalue weighted by atomic mass is 16.4. The van der Waals surface area contributed by atoms with Gasteiger partial charge in [0.1, 0.15) is 11.5 Å². The van der Waals surface area contributed by atoms with Crippen molar-refractivity contribution in [2.24, 2.45) is 0 Å². The quantitative estimate of drug-likeness (QED) is 0.570. The van der Waals surface area contributed by atoms with Crippen LogP contribution in [0.1, 0.15) is 17.3 Å². The Labute approximate surface area is 54.2 Å². The molecular weight excluding hydrogens is 114 g/mol. The maximum absolute atomic E-state index is 5.12. The van der Waals surface area contributed by atoms with Gasteiger partial charge in [0.25, 0.3) is 0 Å². The first-order chi connectivity index (χ1) is 4.24. The molecule has 1 rings (SSSR count). The number of rotatable bonds is 1. The van der Waals surface area contributed by atoms with Gasteiger partial charge in [0, 0.05) is 6.92 Å². The van der Waals surface area contributed by atoms with Gasteiger partial charge in [-0.05, 0) is 13.0 Å². The van der Waals surface area contributed by atoms with Crippen molar-refractivity contribution in [1.82, 2.24) is 4.98 Å². The van der Waals surface area contributed by atoms with Crippen LogP contribution < -0.4 is 0 Å². The van der Waals surface area contributed by atoms with Crippen molar-refractivity contribution >= 4 is 6.08 Å². The fourth-order valence-electron chi connectivity index (χ4n) is 0.734. The molecule has 1 heterocycles. The molecule has 0 aromatic carbocycles. The van der Waals surface area contributed by atoms with Gasteiger partial charge in [-0.15, -0.1) is 0 Å². The molecule has 0 aliphatic carbocycles. The molecule has 0 atom stereocenters. The molecule has 0 N–H and O–H groups in total. The van der Waals surface area contributed by atoms with E-state index >= 15 is 0 Å². The van der Waals surface area contributed by atoms with Gasteiger partial charge < -0.3 is 4.42 Å². The number of hydrogen-bond acceptors (Lipinski definition) is 2. The summed E-state index contributed by atoms with van der Waals surface area (Å²) in [6.45, 7) is 7.27. The van der Waals surface area contributed by atoms with Gasteiger partial charge in [-0.1, -0.05) is 6.58 Å². The molecule has 1 aromatic rings. The van der Waals surface area contributed by atoms with E-state index in [9.17, 15) is 0 Å². The third-order valence-electron chi connectivity index (χ3n) is 1.13. The van der Waals surface area contributed by atoms with Crippen LogP contribution in [-0.2, 0) is 0 Å². The smallest absolute Gasteiger partial charge is 0.191 e. The van der Waals surface area contributed by atoms with Crippen molar-refractivity contribution < 1.29 is 4.42 Å². The molecule has 0 saturated carbocycles. The lowest BCUT2D eigenvalue weighted by atomic mass is 10.4. The zero-order valence-electron chi connectivity index (χ0n) is 5.64. The second-order valence-electron chi connectivity index (χ2n) is 1.88. The van der Waals surface area contributed by atoms with E-state index < -0.39 is 0 Å². The molecule has 0 spiro atoms. The number of aromatic nitrogens is 1. The van der Waals surface area contributed by atoms with E-state index in [1.54, 1.807) is 6.08 Å². The van der Waals surface area contributed by atoms with E-state index in [1.807, 2.05) is 13.8 Å². The highest BCUT2D eigenvalue weighted by Crippen LogP contribution is 2.08. The molecule has 0 fully saturated rings. The van der Waals surface area contributed by atoms with Crippen molar-refractivity contribution in [3.8, 4) is 0 Å². The van der Waals surface area contributed by atoms with Crippen LogP contribution >= 0.6 is 0 Å². The summed E-state index contributed by atoms with van der Waals surface area (Å²) >= 11 is 0. The monoisotopic (exact) mass is 123 g/mol. The average molecular weight is 123 g/mol. The molecule has 2 nitrogen and oxygen atoms in total. The van der Waals surface area contributed by atoms with Gasteiger partial charge in [0.15, 0.2) is 5.89 Å². The SMILES string of the molecule is C=Cc1nc(C)oc1C. The fourth-order valence-corrected chi connectivity index (χ4v) is 0.734. The summed E-state index contributed by atoms with van der Waals surface area (Å²) in [5, 5.41) is 0. The fraction of sp³-hybridized carbons (Fsp3) is 0.286. The standard InChI is InChI=1S/C7H9NO/c1-4-7-5(2)9-6(3)8-7/h4H,1H2,2-3H3. The highest BCUT2D eigenvalue weighted by molar-refractivity contribution is 5.43. The van der Waals surface area contributed by atoms with Crippen LogP contribution in [0.2, 0.25) is 0 Å². The predicted molar refractivity (Wildman–Crippen MR) is 36.1 cm³/mol. The Morgan fingerprint density at radius 1 is 1.56 bits per heavy atom. The first kappa shape index (κ1) is 6.08. The maximum atomic E-state index is 5.12. The summed E-state index contributed by atoms with van der Waals surface area (Å²) in [5.41, 5.74) is 0.840. The van der Waals surface area contributed by atoms with Crippen molar-refractivity contribution in [1.29, 1.82) is 0 Å². The molecule has 2 heteroatoms. The largest absolute Gasteiger partial charge is 0.446 e. The molecule has 1 aromatic heterocycles. The van der Waals surface area contributed by atoms with Gasteiger partial charge in [0.05, 0.1) is 0 Å². The Bertz CT molecular complexity index is 225. The summed E-state index contributed by atoms with van der Waals surface area (Å²) in [6, 6.07) is 0. The molecule has 0 aliphatic heterocycles. The average Bonchev–Trinajstić information content (AvgIpc) is 2.10. The van der Waals surface area contributed by atoms with Gasteiger partial charge in [-0.3, -0.25) is 0 Å². The van der Waals surface area contributed by atoms with E-state index in [4.69, 9.17) is 4.42 Å². The zero-order chi connectivity index (χ0) is 6.85. The lowest BCUT2D eigenvalue weighted by molar-refractivity contribution is 0.494. The Morgan fingerprint density at radius 2 is 2.22 bits per heavy atom. The van der Waals surface area contributed by atoms with Gasteiger partial charge in [0.2, 0.25) is 0 Å². The molecule has 0 bridgehead atoms. The molecule has 0 aliphatic rings. The summed E-state index contributed by atoms with van der Waals surface area (Å²) in [6.07, 6.45) is 1.69. The van der Waals surface area contributed by atoms with Crippen LogP contribution in [0, 0.1) is 13.8 Å². The minimum atomic E-state index is 0.697. The van der Waals surface area contributed by atoms with Crippen LogP contribution in [0.15, 0.2) is 11.0 Å². The number of nitrogens with zero attached hydrogens (tertiary/aromatic N) is 1. The second-order valence-corrected chi connectivity index (χ2v) is 1.88. The van der Waals surface area contributed by atoms with Crippen LogP contribution in [0.3, 0.4) is 0 Å². The van der Waals surface area contributed by atoms with Gasteiger partial charge in [-0.25, -0.2) is 4.98 Å². The highest BCUT2D eigenvalue weighted by Gasteiger charge is 1.99. The topological polar surface area (TPSA) is 26.0 Å². The van der Waals surface area contributed by atoms with E-state index in [0.29, 0.717) is 5.89 Å². The maximum Gasteiger partial charge on any atom is 0.191 e. The van der Waals surface area contributed by atoms with E-state index in [-0.39, 0.29) is 0 Å². The van der Waals surface area contributed by atoms with E-state index in [1.165, 1.54) is 0 Å². The second kappa shape index (κ2) is 2.05. The van der Waals surface area contributed by atoms with E-state index in [2.05, 4.69) is 11.6 Å². The van der Waals surface area contributed by atoms with Crippen molar-refractivity contribution in [2.45, 2.75) is 13.8 Å². The molecule has 0 unspecified atom stereocenters. The predicted octanol–water partition coefficient (Wildman–Crippen LogP) is 1.93. The Hall–Kier alpha value is -1.05. The first-order valence-electron chi connectivity index (χ1n) is 2.80. The van der Waals surface area contributed by atoms with Crippen LogP contribution in [-0.4, -0.2) is 4.98 Å². The summed E-state index contributed by atoms with van der Waals surface area (Å²) in [7, 11) is 0. The van der Waals surface area contributed by atoms with Crippen molar-refractivity contribution in [3.05, 3.63) is 23.9 Å². The minimum Gasteiger partial charge on any atom is -0.446 e. The number of aryl methyl sites for hydroxylation is 2. The van der Waals surface area contributed by atoms with Crippen molar-refractivity contribution in [2.75, 3.05) is 0 Å². The lowest BCUT2D eigenvalue weighted by Gasteiger charge is -1.79. The molecule has 0 saturated heterocycles. The molecule has 0 amide bonds. The third kappa shape index (κ3) is 1.02. The summed E-state index contributed by atoms with van der Waals surface area (Å²) in [5.74, 6) is 1.53. The number of hydrogen-bond donors (Lipinski definition) is 0. The Kier molecular flexibility index (Phi) is 1.39. The Balaban J connectivity index is 3.15. The molecule has 0 radical (unpaired) electrons. The summed E-state index contributed by atoms with van der Waals surface area (Å²) < 4.78 is 5.12.